The van der Waals surface area contributed by atoms with Crippen molar-refractivity contribution in [2.45, 2.75) is 52.0 Å². The Morgan fingerprint density at radius 3 is 2.78 bits per heavy atom. The first-order valence-electron chi connectivity index (χ1n) is 6.72. The molecule has 1 rings (SSSR count). The van der Waals surface area contributed by atoms with Crippen molar-refractivity contribution in [3.05, 3.63) is 17.5 Å². The smallest absolute Gasteiger partial charge is 0.354 e. The highest BCUT2D eigenvalue weighted by Crippen LogP contribution is 2.06. The summed E-state index contributed by atoms with van der Waals surface area (Å²) in [6.07, 6.45) is 9.16. The van der Waals surface area contributed by atoms with Gasteiger partial charge in [-0.1, -0.05) is 39.0 Å². The van der Waals surface area contributed by atoms with Crippen molar-refractivity contribution in [3.8, 4) is 0 Å². The summed E-state index contributed by atoms with van der Waals surface area (Å²) < 4.78 is 0. The summed E-state index contributed by atoms with van der Waals surface area (Å²) >= 11 is 0. The number of nitrogens with zero attached hydrogens (tertiary/aromatic N) is 1. The average Bonchev–Trinajstić information content (AvgIpc) is 2.81. The van der Waals surface area contributed by atoms with E-state index in [0.717, 1.165) is 13.0 Å². The van der Waals surface area contributed by atoms with Gasteiger partial charge in [-0.05, 0) is 13.0 Å². The molecule has 1 heterocycles. The summed E-state index contributed by atoms with van der Waals surface area (Å²) in [6, 6.07) is 0. The van der Waals surface area contributed by atoms with Crippen molar-refractivity contribution in [1.29, 1.82) is 0 Å². The number of rotatable bonds is 10. The van der Waals surface area contributed by atoms with Gasteiger partial charge in [0.1, 0.15) is 5.69 Å². The van der Waals surface area contributed by atoms with Crippen LogP contribution in [0.1, 0.15) is 61.5 Å². The zero-order valence-electron chi connectivity index (χ0n) is 11.0. The van der Waals surface area contributed by atoms with Gasteiger partial charge in [0.25, 0.3) is 0 Å². The molecule has 0 radical (unpaired) electrons. The number of unbranched alkanes of at least 4 members (excludes halogenated alkanes) is 5. The van der Waals surface area contributed by atoms with Crippen molar-refractivity contribution < 1.29 is 9.90 Å². The molecule has 5 nitrogen and oxygen atoms in total. The van der Waals surface area contributed by atoms with E-state index in [2.05, 4.69) is 22.4 Å². The maximum absolute atomic E-state index is 10.8. The lowest BCUT2D eigenvalue weighted by atomic mass is 10.1. The Kier molecular flexibility index (Phi) is 7.10. The Hall–Kier alpha value is -1.36. The van der Waals surface area contributed by atoms with E-state index < -0.39 is 5.97 Å². The minimum absolute atomic E-state index is 0.186. The molecule has 5 heteroatoms. The Balaban J connectivity index is 2.07. The molecule has 1 aromatic rings. The molecule has 0 aliphatic heterocycles. The highest BCUT2D eigenvalue weighted by Gasteiger charge is 2.11. The number of carbonyl (C=O) groups is 1. The van der Waals surface area contributed by atoms with Crippen LogP contribution in [0.3, 0.4) is 0 Å². The quantitative estimate of drug-likeness (QED) is 0.560. The minimum Gasteiger partial charge on any atom is -0.477 e. The fraction of sp³-hybridized carbons (Fsp3) is 0.692. The molecule has 0 bridgehead atoms. The molecule has 0 aromatic carbocycles. The molecule has 0 saturated heterocycles. The third-order valence-electron chi connectivity index (χ3n) is 2.95. The van der Waals surface area contributed by atoms with Crippen LogP contribution in [-0.2, 0) is 6.54 Å². The summed E-state index contributed by atoms with van der Waals surface area (Å²) in [5.74, 6) is -0.955. The molecule has 102 valence electrons. The molecule has 0 spiro atoms. The predicted molar refractivity (Wildman–Crippen MR) is 70.6 cm³/mol. The minimum atomic E-state index is -0.955. The second-order valence-corrected chi connectivity index (χ2v) is 4.52. The van der Waals surface area contributed by atoms with Crippen LogP contribution in [0.2, 0.25) is 0 Å². The van der Waals surface area contributed by atoms with Crippen LogP contribution in [0.15, 0.2) is 6.20 Å². The van der Waals surface area contributed by atoms with Gasteiger partial charge in [-0.3, -0.25) is 5.10 Å². The average molecular weight is 253 g/mol. The molecule has 3 N–H and O–H groups in total. The van der Waals surface area contributed by atoms with Crippen molar-refractivity contribution in [2.75, 3.05) is 6.54 Å². The standard InChI is InChI=1S/C13H23N3O2/c1-2-3-4-5-6-7-8-14-9-11-10-15-16-12(11)13(17)18/h10,14H,2-9H2,1H3,(H,15,16)(H,17,18). The van der Waals surface area contributed by atoms with E-state index in [1.54, 1.807) is 6.20 Å². The summed E-state index contributed by atoms with van der Waals surface area (Å²) in [6.45, 7) is 3.70. The number of aromatic amines is 1. The lowest BCUT2D eigenvalue weighted by Crippen LogP contribution is -2.16. The number of carboxylic acids is 1. The second-order valence-electron chi connectivity index (χ2n) is 4.52. The molecule has 18 heavy (non-hydrogen) atoms. The Morgan fingerprint density at radius 1 is 1.33 bits per heavy atom. The lowest BCUT2D eigenvalue weighted by molar-refractivity contribution is 0.0689. The molecule has 0 unspecified atom stereocenters. The summed E-state index contributed by atoms with van der Waals surface area (Å²) in [7, 11) is 0. The monoisotopic (exact) mass is 253 g/mol. The summed E-state index contributed by atoms with van der Waals surface area (Å²) in [5, 5.41) is 18.4. The number of hydrogen-bond acceptors (Lipinski definition) is 3. The van der Waals surface area contributed by atoms with Gasteiger partial charge in [0, 0.05) is 12.1 Å². The molecule has 0 saturated carbocycles. The zero-order chi connectivity index (χ0) is 13.2. The van der Waals surface area contributed by atoms with Crippen LogP contribution in [0.4, 0.5) is 0 Å². The second kappa shape index (κ2) is 8.69. The van der Waals surface area contributed by atoms with Gasteiger partial charge in [0.2, 0.25) is 0 Å². The van der Waals surface area contributed by atoms with Crippen LogP contribution in [-0.4, -0.2) is 27.8 Å². The molecule has 0 aliphatic carbocycles. The van der Waals surface area contributed by atoms with Crippen molar-refractivity contribution in [3.63, 3.8) is 0 Å². The maximum Gasteiger partial charge on any atom is 0.354 e. The normalized spacial score (nSPS) is 10.7. The van der Waals surface area contributed by atoms with Crippen molar-refractivity contribution in [1.82, 2.24) is 15.5 Å². The third kappa shape index (κ3) is 5.31. The molecule has 0 aliphatic rings. The summed E-state index contributed by atoms with van der Waals surface area (Å²) in [4.78, 5) is 10.8. The van der Waals surface area contributed by atoms with Crippen LogP contribution in [0.5, 0.6) is 0 Å². The molecule has 0 atom stereocenters. The molecule has 1 aromatic heterocycles. The van der Waals surface area contributed by atoms with E-state index >= 15 is 0 Å². The van der Waals surface area contributed by atoms with Crippen LogP contribution in [0, 0.1) is 0 Å². The van der Waals surface area contributed by atoms with E-state index in [1.807, 2.05) is 0 Å². The van der Waals surface area contributed by atoms with Gasteiger partial charge in [0.05, 0.1) is 6.20 Å². The topological polar surface area (TPSA) is 78.0 Å². The number of hydrogen-bond donors (Lipinski definition) is 3. The van der Waals surface area contributed by atoms with Gasteiger partial charge in [-0.15, -0.1) is 0 Å². The Bertz CT molecular complexity index is 350. The summed E-state index contributed by atoms with van der Waals surface area (Å²) in [5.41, 5.74) is 0.902. The largest absolute Gasteiger partial charge is 0.477 e. The van der Waals surface area contributed by atoms with Crippen LogP contribution >= 0.6 is 0 Å². The van der Waals surface area contributed by atoms with Gasteiger partial charge >= 0.3 is 5.97 Å². The van der Waals surface area contributed by atoms with E-state index in [4.69, 9.17) is 5.11 Å². The number of H-pyrrole nitrogens is 1. The third-order valence-corrected chi connectivity index (χ3v) is 2.95. The first-order valence-corrected chi connectivity index (χ1v) is 6.72. The predicted octanol–water partition coefficient (Wildman–Crippen LogP) is 2.56. The van der Waals surface area contributed by atoms with Crippen molar-refractivity contribution in [2.24, 2.45) is 0 Å². The van der Waals surface area contributed by atoms with Gasteiger partial charge in [-0.2, -0.15) is 5.10 Å². The van der Waals surface area contributed by atoms with Crippen LogP contribution < -0.4 is 5.32 Å². The fourth-order valence-corrected chi connectivity index (χ4v) is 1.88. The number of carboxylic acid groups (broad SMARTS) is 1. The zero-order valence-corrected chi connectivity index (χ0v) is 11.0. The highest BCUT2D eigenvalue weighted by molar-refractivity contribution is 5.86. The SMILES string of the molecule is CCCCCCCCNCc1cn[nH]c1C(=O)O. The molecule has 0 amide bonds. The van der Waals surface area contributed by atoms with E-state index in [9.17, 15) is 4.79 Å². The highest BCUT2D eigenvalue weighted by atomic mass is 16.4. The van der Waals surface area contributed by atoms with Gasteiger partial charge in [0.15, 0.2) is 0 Å². The van der Waals surface area contributed by atoms with E-state index in [-0.39, 0.29) is 5.69 Å². The fourth-order valence-electron chi connectivity index (χ4n) is 1.88. The number of aromatic nitrogens is 2. The molecular weight excluding hydrogens is 230 g/mol. The van der Waals surface area contributed by atoms with Crippen LogP contribution in [0.25, 0.3) is 0 Å². The first kappa shape index (κ1) is 14.7. The Morgan fingerprint density at radius 2 is 2.06 bits per heavy atom. The number of aromatic carboxylic acids is 1. The maximum atomic E-state index is 10.8. The van der Waals surface area contributed by atoms with Gasteiger partial charge < -0.3 is 10.4 Å². The Labute approximate surface area is 108 Å². The molecule has 0 fully saturated rings. The van der Waals surface area contributed by atoms with Crippen molar-refractivity contribution >= 4 is 5.97 Å². The van der Waals surface area contributed by atoms with E-state index in [0.29, 0.717) is 12.1 Å². The number of nitrogens with one attached hydrogen (secondary N) is 2. The first-order chi connectivity index (χ1) is 8.75. The van der Waals surface area contributed by atoms with Gasteiger partial charge in [-0.25, -0.2) is 4.79 Å². The van der Waals surface area contributed by atoms with E-state index in [1.165, 1.54) is 32.1 Å². The molecular formula is C13H23N3O2. The lowest BCUT2D eigenvalue weighted by Gasteiger charge is -2.04.